The average molecular weight is 258 g/mol. The highest BCUT2D eigenvalue weighted by Crippen LogP contribution is 2.29. The molecule has 2 atom stereocenters. The zero-order valence-corrected chi connectivity index (χ0v) is 10.3. The number of aliphatic hydroxyl groups is 1. The van der Waals surface area contributed by atoms with E-state index in [0.29, 0.717) is 0 Å². The number of aliphatic hydroxyl groups excluding tert-OH is 1. The van der Waals surface area contributed by atoms with Gasteiger partial charge in [0.15, 0.2) is 0 Å². The molecule has 0 heterocycles. The van der Waals surface area contributed by atoms with Gasteiger partial charge >= 0.3 is 0 Å². The van der Waals surface area contributed by atoms with Crippen LogP contribution >= 0.6 is 15.9 Å². The molecule has 0 saturated heterocycles. The van der Waals surface area contributed by atoms with Gasteiger partial charge in [0.1, 0.15) is 0 Å². The van der Waals surface area contributed by atoms with Gasteiger partial charge in [-0.1, -0.05) is 33.6 Å². The fourth-order valence-corrected chi connectivity index (χ4v) is 1.94. The van der Waals surface area contributed by atoms with Crippen LogP contribution in [0.1, 0.15) is 29.7 Å². The number of benzene rings is 1. The zero-order chi connectivity index (χ0) is 10.9. The average Bonchev–Trinajstić information content (AvgIpc) is 2.09. The van der Waals surface area contributed by atoms with E-state index in [1.54, 1.807) is 6.92 Å². The molecule has 3 N–H and O–H groups in total. The summed E-state index contributed by atoms with van der Waals surface area (Å²) in [5.41, 5.74) is 8.80. The second kappa shape index (κ2) is 4.43. The maximum absolute atomic E-state index is 9.87. The quantitative estimate of drug-likeness (QED) is 0.855. The Kier molecular flexibility index (Phi) is 3.70. The minimum atomic E-state index is -0.608. The van der Waals surface area contributed by atoms with Crippen molar-refractivity contribution >= 4 is 15.9 Å². The van der Waals surface area contributed by atoms with Crippen molar-refractivity contribution in [2.75, 3.05) is 0 Å². The molecule has 0 aromatic heterocycles. The van der Waals surface area contributed by atoms with E-state index in [4.69, 9.17) is 5.73 Å². The van der Waals surface area contributed by atoms with Gasteiger partial charge in [0.2, 0.25) is 0 Å². The predicted octanol–water partition coefficient (Wildman–Crippen LogP) is 2.45. The monoisotopic (exact) mass is 257 g/mol. The van der Waals surface area contributed by atoms with Crippen molar-refractivity contribution in [3.05, 3.63) is 33.3 Å². The highest BCUT2D eigenvalue weighted by molar-refractivity contribution is 9.10. The molecular formula is C11H16BrNO. The van der Waals surface area contributed by atoms with Crippen LogP contribution in [0.2, 0.25) is 0 Å². The lowest BCUT2D eigenvalue weighted by atomic mass is 9.99. The van der Waals surface area contributed by atoms with Crippen LogP contribution in [0.4, 0.5) is 0 Å². The Bertz CT molecular complexity index is 336. The standard InChI is InChI=1S/C11H16BrNO/c1-6-4-7(2)10(12)9(5-6)11(14)8(3)13/h4-5,8,11,14H,13H2,1-3H3. The van der Waals surface area contributed by atoms with E-state index in [9.17, 15) is 5.11 Å². The van der Waals surface area contributed by atoms with Crippen molar-refractivity contribution in [2.24, 2.45) is 5.73 Å². The first-order valence-electron chi connectivity index (χ1n) is 4.63. The second-order valence-corrected chi connectivity index (χ2v) is 4.58. The lowest BCUT2D eigenvalue weighted by Crippen LogP contribution is -2.24. The third-order valence-corrected chi connectivity index (χ3v) is 3.33. The Morgan fingerprint density at radius 3 is 2.43 bits per heavy atom. The maximum atomic E-state index is 9.87. The van der Waals surface area contributed by atoms with Gasteiger partial charge in [0, 0.05) is 10.5 Å². The lowest BCUT2D eigenvalue weighted by Gasteiger charge is -2.18. The number of hydrogen-bond donors (Lipinski definition) is 2. The summed E-state index contributed by atoms with van der Waals surface area (Å²) in [6.07, 6.45) is -0.608. The molecular weight excluding hydrogens is 242 g/mol. The molecule has 78 valence electrons. The molecule has 0 aliphatic rings. The van der Waals surface area contributed by atoms with Crippen LogP contribution in [-0.2, 0) is 0 Å². The van der Waals surface area contributed by atoms with Gasteiger partial charge in [-0.2, -0.15) is 0 Å². The summed E-state index contributed by atoms with van der Waals surface area (Å²) in [4.78, 5) is 0. The Balaban J connectivity index is 3.20. The van der Waals surface area contributed by atoms with Crippen molar-refractivity contribution in [2.45, 2.75) is 32.9 Å². The minimum absolute atomic E-state index is 0.257. The Hall–Kier alpha value is -0.380. The SMILES string of the molecule is Cc1cc(C)c(Br)c(C(O)C(C)N)c1. The van der Waals surface area contributed by atoms with Gasteiger partial charge in [0.25, 0.3) is 0 Å². The van der Waals surface area contributed by atoms with E-state index in [1.807, 2.05) is 19.9 Å². The molecule has 0 spiro atoms. The molecule has 0 bridgehead atoms. The van der Waals surface area contributed by atoms with E-state index in [2.05, 4.69) is 22.0 Å². The molecule has 0 saturated carbocycles. The van der Waals surface area contributed by atoms with Crippen LogP contribution in [0.15, 0.2) is 16.6 Å². The molecule has 1 rings (SSSR count). The summed E-state index contributed by atoms with van der Waals surface area (Å²) in [5.74, 6) is 0. The third kappa shape index (κ3) is 2.35. The first-order chi connectivity index (χ1) is 6.43. The molecule has 1 aromatic carbocycles. The van der Waals surface area contributed by atoms with Crippen LogP contribution in [0.3, 0.4) is 0 Å². The van der Waals surface area contributed by atoms with E-state index in [1.165, 1.54) is 0 Å². The second-order valence-electron chi connectivity index (χ2n) is 3.79. The Morgan fingerprint density at radius 2 is 1.93 bits per heavy atom. The summed E-state index contributed by atoms with van der Waals surface area (Å²) in [6, 6.07) is 3.78. The van der Waals surface area contributed by atoms with Gasteiger partial charge in [0.05, 0.1) is 6.10 Å². The maximum Gasteiger partial charge on any atom is 0.0949 e. The molecule has 0 aliphatic carbocycles. The van der Waals surface area contributed by atoms with Gasteiger partial charge in [-0.3, -0.25) is 0 Å². The molecule has 3 heteroatoms. The first-order valence-corrected chi connectivity index (χ1v) is 5.43. The minimum Gasteiger partial charge on any atom is -0.387 e. The molecule has 0 radical (unpaired) electrons. The summed E-state index contributed by atoms with van der Waals surface area (Å²) in [6.45, 7) is 5.82. The predicted molar refractivity (Wildman–Crippen MR) is 62.2 cm³/mol. The fraction of sp³-hybridized carbons (Fsp3) is 0.455. The van der Waals surface area contributed by atoms with Crippen molar-refractivity contribution in [3.63, 3.8) is 0 Å². The summed E-state index contributed by atoms with van der Waals surface area (Å²) >= 11 is 3.47. The normalized spacial score (nSPS) is 15.3. The van der Waals surface area contributed by atoms with Gasteiger partial charge in [-0.05, 0) is 31.9 Å². The van der Waals surface area contributed by atoms with Gasteiger partial charge in [-0.15, -0.1) is 0 Å². The van der Waals surface area contributed by atoms with Gasteiger partial charge in [-0.25, -0.2) is 0 Å². The molecule has 1 aromatic rings. The Labute approximate surface area is 93.3 Å². The first kappa shape index (κ1) is 11.7. The number of aryl methyl sites for hydroxylation is 2. The van der Waals surface area contributed by atoms with E-state index < -0.39 is 6.10 Å². The van der Waals surface area contributed by atoms with Gasteiger partial charge < -0.3 is 10.8 Å². The van der Waals surface area contributed by atoms with Crippen LogP contribution in [0, 0.1) is 13.8 Å². The molecule has 2 nitrogen and oxygen atoms in total. The number of halogens is 1. The van der Waals surface area contributed by atoms with Crippen LogP contribution in [0.5, 0.6) is 0 Å². The lowest BCUT2D eigenvalue weighted by molar-refractivity contribution is 0.152. The van der Waals surface area contributed by atoms with Crippen LogP contribution < -0.4 is 5.73 Å². The summed E-state index contributed by atoms with van der Waals surface area (Å²) < 4.78 is 0.952. The van der Waals surface area contributed by atoms with Crippen molar-refractivity contribution < 1.29 is 5.11 Å². The van der Waals surface area contributed by atoms with Crippen molar-refractivity contribution in [3.8, 4) is 0 Å². The molecule has 0 fully saturated rings. The third-order valence-electron chi connectivity index (χ3n) is 2.24. The fourth-order valence-electron chi connectivity index (χ4n) is 1.48. The molecule has 0 aliphatic heterocycles. The van der Waals surface area contributed by atoms with E-state index in [-0.39, 0.29) is 6.04 Å². The van der Waals surface area contributed by atoms with Crippen molar-refractivity contribution in [1.29, 1.82) is 0 Å². The largest absolute Gasteiger partial charge is 0.387 e. The summed E-state index contributed by atoms with van der Waals surface area (Å²) in [7, 11) is 0. The van der Waals surface area contributed by atoms with Crippen LogP contribution in [-0.4, -0.2) is 11.1 Å². The number of hydrogen-bond acceptors (Lipinski definition) is 2. The molecule has 14 heavy (non-hydrogen) atoms. The molecule has 2 unspecified atom stereocenters. The van der Waals surface area contributed by atoms with E-state index >= 15 is 0 Å². The summed E-state index contributed by atoms with van der Waals surface area (Å²) in [5, 5.41) is 9.87. The number of rotatable bonds is 2. The van der Waals surface area contributed by atoms with Crippen molar-refractivity contribution in [1.82, 2.24) is 0 Å². The highest BCUT2D eigenvalue weighted by Gasteiger charge is 2.16. The number of nitrogens with two attached hydrogens (primary N) is 1. The topological polar surface area (TPSA) is 46.2 Å². The zero-order valence-electron chi connectivity index (χ0n) is 8.71. The van der Waals surface area contributed by atoms with Crippen LogP contribution in [0.25, 0.3) is 0 Å². The molecule has 0 amide bonds. The highest BCUT2D eigenvalue weighted by atomic mass is 79.9. The smallest absolute Gasteiger partial charge is 0.0949 e. The van der Waals surface area contributed by atoms with E-state index in [0.717, 1.165) is 21.2 Å². The Morgan fingerprint density at radius 1 is 1.36 bits per heavy atom.